The van der Waals surface area contributed by atoms with E-state index in [1.807, 2.05) is 18.4 Å². The summed E-state index contributed by atoms with van der Waals surface area (Å²) in [5.41, 5.74) is 1.06. The third kappa shape index (κ3) is 4.31. The number of aliphatic carboxylic acids is 1. The van der Waals surface area contributed by atoms with Gasteiger partial charge < -0.3 is 15.5 Å². The number of aliphatic hydroxyl groups is 1. The van der Waals surface area contributed by atoms with Gasteiger partial charge in [-0.05, 0) is 30.0 Å². The van der Waals surface area contributed by atoms with E-state index in [4.69, 9.17) is 10.2 Å². The first-order chi connectivity index (χ1) is 8.54. The molecular weight excluding hydrogens is 254 g/mol. The Morgan fingerprint density at radius 3 is 2.78 bits per heavy atom. The Kier molecular flexibility index (Phi) is 5.54. The molecule has 18 heavy (non-hydrogen) atoms. The Balaban J connectivity index is 2.58. The zero-order chi connectivity index (χ0) is 13.5. The highest BCUT2D eigenvalue weighted by Gasteiger charge is 2.17. The molecule has 0 bridgehead atoms. The number of carbonyl (C=O) groups excluding carboxylic acids is 1. The van der Waals surface area contributed by atoms with Gasteiger partial charge in [-0.15, -0.1) is 11.3 Å². The number of hydrogen-bond acceptors (Lipinski definition) is 4. The molecule has 1 aromatic heterocycles. The first kappa shape index (κ1) is 14.4. The Morgan fingerprint density at radius 1 is 1.56 bits per heavy atom. The smallest absolute Gasteiger partial charge is 0.326 e. The number of aryl methyl sites for hydroxylation is 1. The van der Waals surface area contributed by atoms with Crippen LogP contribution in [-0.4, -0.2) is 34.7 Å². The number of nitrogens with one attached hydrogen (secondary N) is 1. The van der Waals surface area contributed by atoms with Crippen LogP contribution in [0, 0.1) is 6.92 Å². The average Bonchev–Trinajstić information content (AvgIpc) is 2.71. The van der Waals surface area contributed by atoms with Crippen molar-refractivity contribution in [2.45, 2.75) is 19.4 Å². The SMILES string of the molecule is Cc1ccsc1/C=C/C(=O)N[C@@H](CCO)C(=O)O. The number of carboxylic acid groups (broad SMARTS) is 1. The summed E-state index contributed by atoms with van der Waals surface area (Å²) < 4.78 is 0. The van der Waals surface area contributed by atoms with Crippen LogP contribution in [0.5, 0.6) is 0 Å². The quantitative estimate of drug-likeness (QED) is 0.673. The monoisotopic (exact) mass is 269 g/mol. The molecule has 3 N–H and O–H groups in total. The Hall–Kier alpha value is -1.66. The molecule has 0 aliphatic carbocycles. The number of hydrogen-bond donors (Lipinski definition) is 3. The minimum absolute atomic E-state index is 0.00700. The molecule has 0 aromatic carbocycles. The van der Waals surface area contributed by atoms with Gasteiger partial charge in [0.1, 0.15) is 6.04 Å². The van der Waals surface area contributed by atoms with Gasteiger partial charge in [0.15, 0.2) is 0 Å². The number of amides is 1. The fourth-order valence-corrected chi connectivity index (χ4v) is 2.13. The van der Waals surface area contributed by atoms with Gasteiger partial charge in [0, 0.05) is 24.0 Å². The molecule has 1 atom stereocenters. The van der Waals surface area contributed by atoms with Gasteiger partial charge in [-0.25, -0.2) is 4.79 Å². The highest BCUT2D eigenvalue weighted by molar-refractivity contribution is 7.11. The maximum Gasteiger partial charge on any atom is 0.326 e. The van der Waals surface area contributed by atoms with Crippen LogP contribution in [0.25, 0.3) is 6.08 Å². The molecule has 0 aliphatic rings. The molecule has 0 fully saturated rings. The summed E-state index contributed by atoms with van der Waals surface area (Å²) in [6.45, 7) is 1.64. The van der Waals surface area contributed by atoms with Gasteiger partial charge >= 0.3 is 5.97 Å². The molecular formula is C12H15NO4S. The molecule has 1 amide bonds. The molecule has 1 rings (SSSR count). The van der Waals surface area contributed by atoms with Crippen molar-refractivity contribution in [1.82, 2.24) is 5.32 Å². The molecule has 1 heterocycles. The summed E-state index contributed by atoms with van der Waals surface area (Å²) in [7, 11) is 0. The van der Waals surface area contributed by atoms with Crippen LogP contribution in [0.1, 0.15) is 16.9 Å². The minimum atomic E-state index is -1.15. The van der Waals surface area contributed by atoms with E-state index in [0.717, 1.165) is 10.4 Å². The van der Waals surface area contributed by atoms with E-state index >= 15 is 0 Å². The second-order valence-corrected chi connectivity index (χ2v) is 4.66. The summed E-state index contributed by atoms with van der Waals surface area (Å²) in [6, 6.07) is 0.880. The average molecular weight is 269 g/mol. The maximum absolute atomic E-state index is 11.5. The second-order valence-electron chi connectivity index (χ2n) is 3.71. The summed E-state index contributed by atoms with van der Waals surface area (Å²) in [6.07, 6.45) is 2.94. The zero-order valence-corrected chi connectivity index (χ0v) is 10.7. The van der Waals surface area contributed by atoms with E-state index in [1.165, 1.54) is 17.4 Å². The zero-order valence-electron chi connectivity index (χ0n) is 9.92. The van der Waals surface area contributed by atoms with Crippen LogP contribution in [0.3, 0.4) is 0 Å². The fraction of sp³-hybridized carbons (Fsp3) is 0.333. The van der Waals surface area contributed by atoms with E-state index in [-0.39, 0.29) is 13.0 Å². The third-order valence-corrected chi connectivity index (χ3v) is 3.30. The highest BCUT2D eigenvalue weighted by atomic mass is 32.1. The van der Waals surface area contributed by atoms with Crippen LogP contribution in [0.2, 0.25) is 0 Å². The molecule has 6 heteroatoms. The summed E-state index contributed by atoms with van der Waals surface area (Å²) >= 11 is 1.50. The third-order valence-electron chi connectivity index (χ3n) is 2.32. The minimum Gasteiger partial charge on any atom is -0.480 e. The van der Waals surface area contributed by atoms with Gasteiger partial charge in [0.05, 0.1) is 0 Å². The Labute approximate surface area is 109 Å². The van der Waals surface area contributed by atoms with E-state index in [0.29, 0.717) is 0 Å². The van der Waals surface area contributed by atoms with Crippen molar-refractivity contribution in [3.05, 3.63) is 28.0 Å². The molecule has 0 spiro atoms. The lowest BCUT2D eigenvalue weighted by molar-refractivity contribution is -0.141. The standard InChI is InChI=1S/C12H15NO4S/c1-8-5-7-18-10(8)2-3-11(15)13-9(4-6-14)12(16)17/h2-3,5,7,9,14H,4,6H2,1H3,(H,13,15)(H,16,17)/b3-2+/t9-/m0/s1. The Bertz CT molecular complexity index is 453. The van der Waals surface area contributed by atoms with Crippen LogP contribution in [-0.2, 0) is 9.59 Å². The number of aliphatic hydroxyl groups excluding tert-OH is 1. The van der Waals surface area contributed by atoms with Crippen LogP contribution < -0.4 is 5.32 Å². The molecule has 0 saturated carbocycles. The number of thiophene rings is 1. The van der Waals surface area contributed by atoms with Gasteiger partial charge in [-0.2, -0.15) is 0 Å². The van der Waals surface area contributed by atoms with Gasteiger partial charge in [-0.1, -0.05) is 0 Å². The first-order valence-corrected chi connectivity index (χ1v) is 6.29. The molecule has 5 nitrogen and oxygen atoms in total. The van der Waals surface area contributed by atoms with E-state index in [9.17, 15) is 9.59 Å². The topological polar surface area (TPSA) is 86.6 Å². The van der Waals surface area contributed by atoms with Crippen molar-refractivity contribution in [3.63, 3.8) is 0 Å². The molecule has 1 aromatic rings. The van der Waals surface area contributed by atoms with Gasteiger partial charge in [0.25, 0.3) is 0 Å². The van der Waals surface area contributed by atoms with Crippen LogP contribution in [0.4, 0.5) is 0 Å². The van der Waals surface area contributed by atoms with Gasteiger partial charge in [0.2, 0.25) is 5.91 Å². The number of carbonyl (C=O) groups is 2. The maximum atomic E-state index is 11.5. The predicted molar refractivity (Wildman–Crippen MR) is 69.4 cm³/mol. The summed E-state index contributed by atoms with van der Waals surface area (Å²) in [5.74, 6) is -1.64. The summed E-state index contributed by atoms with van der Waals surface area (Å²) in [4.78, 5) is 23.2. The number of carboxylic acids is 1. The van der Waals surface area contributed by atoms with Crippen molar-refractivity contribution < 1.29 is 19.8 Å². The lowest BCUT2D eigenvalue weighted by Crippen LogP contribution is -2.40. The summed E-state index contributed by atoms with van der Waals surface area (Å²) in [5, 5.41) is 21.7. The van der Waals surface area contributed by atoms with Crippen LogP contribution in [0.15, 0.2) is 17.5 Å². The lowest BCUT2D eigenvalue weighted by Gasteiger charge is -2.11. The van der Waals surface area contributed by atoms with Crippen molar-refractivity contribution in [2.75, 3.05) is 6.61 Å². The second kappa shape index (κ2) is 6.93. The number of rotatable bonds is 6. The molecule has 0 saturated heterocycles. The molecule has 0 radical (unpaired) electrons. The van der Waals surface area contributed by atoms with E-state index < -0.39 is 17.9 Å². The molecule has 0 unspecified atom stereocenters. The predicted octanol–water partition coefficient (Wildman–Crippen LogP) is 1.02. The van der Waals surface area contributed by atoms with E-state index in [1.54, 1.807) is 6.08 Å². The first-order valence-electron chi connectivity index (χ1n) is 5.41. The Morgan fingerprint density at radius 2 is 2.28 bits per heavy atom. The van der Waals surface area contributed by atoms with Crippen molar-refractivity contribution in [2.24, 2.45) is 0 Å². The van der Waals surface area contributed by atoms with Crippen molar-refractivity contribution in [1.29, 1.82) is 0 Å². The molecule has 0 aliphatic heterocycles. The normalized spacial score (nSPS) is 12.6. The fourth-order valence-electron chi connectivity index (χ4n) is 1.31. The van der Waals surface area contributed by atoms with E-state index in [2.05, 4.69) is 5.32 Å². The van der Waals surface area contributed by atoms with Crippen molar-refractivity contribution in [3.8, 4) is 0 Å². The van der Waals surface area contributed by atoms with Crippen molar-refractivity contribution >= 4 is 29.3 Å². The largest absolute Gasteiger partial charge is 0.480 e. The highest BCUT2D eigenvalue weighted by Crippen LogP contribution is 2.16. The lowest BCUT2D eigenvalue weighted by atomic mass is 10.2. The van der Waals surface area contributed by atoms with Crippen LogP contribution >= 0.6 is 11.3 Å². The van der Waals surface area contributed by atoms with Gasteiger partial charge in [-0.3, -0.25) is 4.79 Å². The molecule has 98 valence electrons.